The fourth-order valence-electron chi connectivity index (χ4n) is 1.47. The Bertz CT molecular complexity index is 395. The molecule has 5 heteroatoms. The van der Waals surface area contributed by atoms with E-state index in [1.54, 1.807) is 7.11 Å². The van der Waals surface area contributed by atoms with Crippen molar-refractivity contribution in [1.29, 1.82) is 0 Å². The first-order valence-corrected chi connectivity index (χ1v) is 6.11. The quantitative estimate of drug-likeness (QED) is 0.848. The van der Waals surface area contributed by atoms with Gasteiger partial charge in [-0.05, 0) is 24.1 Å². The maximum absolute atomic E-state index is 10.5. The maximum atomic E-state index is 10.5. The van der Waals surface area contributed by atoms with E-state index in [0.29, 0.717) is 6.54 Å². The van der Waals surface area contributed by atoms with Gasteiger partial charge >= 0.3 is 5.97 Å². The number of carboxylic acids is 1. The number of halogens is 1. The minimum absolute atomic E-state index is 0.0659. The van der Waals surface area contributed by atoms with Gasteiger partial charge in [0.05, 0.1) is 12.8 Å². The summed E-state index contributed by atoms with van der Waals surface area (Å²) in [6.07, 6.45) is 0.156. The molecule has 0 spiro atoms. The number of hydrogen-bond donors (Lipinski definition) is 2. The van der Waals surface area contributed by atoms with Gasteiger partial charge in [-0.15, -0.1) is 0 Å². The molecule has 0 aromatic heterocycles. The molecular formula is C12H16BrNO3. The van der Waals surface area contributed by atoms with Gasteiger partial charge in [0, 0.05) is 17.4 Å². The number of ether oxygens (including phenoxy) is 1. The fraction of sp³-hybridized carbons (Fsp3) is 0.417. The summed E-state index contributed by atoms with van der Waals surface area (Å²) in [6.45, 7) is 2.49. The summed E-state index contributed by atoms with van der Waals surface area (Å²) in [5.41, 5.74) is 0.860. The molecule has 1 aromatic carbocycles. The number of nitrogens with one attached hydrogen (secondary N) is 1. The van der Waals surface area contributed by atoms with E-state index in [4.69, 9.17) is 9.84 Å². The second-order valence-corrected chi connectivity index (χ2v) is 4.84. The Labute approximate surface area is 109 Å². The lowest BCUT2D eigenvalue weighted by molar-refractivity contribution is -0.137. The number of anilines is 1. The van der Waals surface area contributed by atoms with Crippen molar-refractivity contribution in [2.45, 2.75) is 13.3 Å². The third kappa shape index (κ3) is 4.65. The van der Waals surface area contributed by atoms with Gasteiger partial charge in [-0.3, -0.25) is 4.79 Å². The highest BCUT2D eigenvalue weighted by molar-refractivity contribution is 9.10. The van der Waals surface area contributed by atoms with Gasteiger partial charge in [0.1, 0.15) is 5.75 Å². The van der Waals surface area contributed by atoms with E-state index in [2.05, 4.69) is 21.2 Å². The van der Waals surface area contributed by atoms with Crippen LogP contribution < -0.4 is 10.1 Å². The summed E-state index contributed by atoms with van der Waals surface area (Å²) in [7, 11) is 1.61. The fourth-order valence-corrected chi connectivity index (χ4v) is 1.83. The highest BCUT2D eigenvalue weighted by Crippen LogP contribution is 2.28. The van der Waals surface area contributed by atoms with Gasteiger partial charge in [-0.25, -0.2) is 0 Å². The van der Waals surface area contributed by atoms with Crippen LogP contribution in [0.5, 0.6) is 5.75 Å². The largest absolute Gasteiger partial charge is 0.495 e. The van der Waals surface area contributed by atoms with E-state index in [1.807, 2.05) is 25.1 Å². The molecule has 94 valence electrons. The standard InChI is InChI=1S/C12H16BrNO3/c1-8(5-12(15)16)7-14-10-6-9(13)3-4-11(10)17-2/h3-4,6,8,14H,5,7H2,1-2H3,(H,15,16). The predicted molar refractivity (Wildman–Crippen MR) is 70.6 cm³/mol. The third-order valence-corrected chi connectivity index (χ3v) is 2.82. The molecule has 4 nitrogen and oxygen atoms in total. The number of rotatable bonds is 6. The van der Waals surface area contributed by atoms with Crippen LogP contribution >= 0.6 is 15.9 Å². The monoisotopic (exact) mass is 301 g/mol. The molecule has 0 aliphatic rings. The minimum atomic E-state index is -0.777. The highest BCUT2D eigenvalue weighted by Gasteiger charge is 2.09. The van der Waals surface area contributed by atoms with Crippen molar-refractivity contribution >= 4 is 27.6 Å². The molecule has 1 atom stereocenters. The normalized spacial score (nSPS) is 11.9. The Balaban J connectivity index is 2.61. The SMILES string of the molecule is COc1ccc(Br)cc1NCC(C)CC(=O)O. The Morgan fingerprint density at radius 3 is 2.88 bits per heavy atom. The van der Waals surface area contributed by atoms with Crippen LogP contribution in [0.3, 0.4) is 0 Å². The second kappa shape index (κ2) is 6.49. The molecule has 0 saturated heterocycles. The molecule has 2 N–H and O–H groups in total. The first-order valence-electron chi connectivity index (χ1n) is 5.32. The lowest BCUT2D eigenvalue weighted by Crippen LogP contribution is -2.15. The summed E-state index contributed by atoms with van der Waals surface area (Å²) in [6, 6.07) is 5.66. The number of methoxy groups -OCH3 is 1. The van der Waals surface area contributed by atoms with Crippen LogP contribution in [0.2, 0.25) is 0 Å². The molecule has 17 heavy (non-hydrogen) atoms. The van der Waals surface area contributed by atoms with Crippen molar-refractivity contribution in [3.8, 4) is 5.75 Å². The van der Waals surface area contributed by atoms with Crippen molar-refractivity contribution in [1.82, 2.24) is 0 Å². The molecule has 1 rings (SSSR count). The molecule has 0 amide bonds. The van der Waals surface area contributed by atoms with Crippen molar-refractivity contribution in [3.05, 3.63) is 22.7 Å². The Kier molecular flexibility index (Phi) is 5.28. The molecule has 0 heterocycles. The summed E-state index contributed by atoms with van der Waals surface area (Å²) in [5.74, 6) is 0.0346. The lowest BCUT2D eigenvalue weighted by atomic mass is 10.1. The van der Waals surface area contributed by atoms with E-state index in [0.717, 1.165) is 15.9 Å². The van der Waals surface area contributed by atoms with E-state index in [1.165, 1.54) is 0 Å². The molecule has 0 radical (unpaired) electrons. The number of benzene rings is 1. The van der Waals surface area contributed by atoms with Crippen molar-refractivity contribution in [2.24, 2.45) is 5.92 Å². The van der Waals surface area contributed by atoms with Crippen LogP contribution in [0.25, 0.3) is 0 Å². The molecule has 0 saturated carbocycles. The highest BCUT2D eigenvalue weighted by atomic mass is 79.9. The minimum Gasteiger partial charge on any atom is -0.495 e. The Morgan fingerprint density at radius 1 is 1.59 bits per heavy atom. The topological polar surface area (TPSA) is 58.6 Å². The van der Waals surface area contributed by atoms with Gasteiger partial charge in [0.2, 0.25) is 0 Å². The summed E-state index contributed by atoms with van der Waals surface area (Å²) in [5, 5.41) is 11.9. The zero-order valence-corrected chi connectivity index (χ0v) is 11.5. The van der Waals surface area contributed by atoms with Crippen LogP contribution in [0.4, 0.5) is 5.69 Å². The zero-order chi connectivity index (χ0) is 12.8. The van der Waals surface area contributed by atoms with Gasteiger partial charge in [0.25, 0.3) is 0 Å². The van der Waals surface area contributed by atoms with E-state index in [-0.39, 0.29) is 12.3 Å². The number of carbonyl (C=O) groups is 1. The number of aliphatic carboxylic acids is 1. The smallest absolute Gasteiger partial charge is 0.303 e. The van der Waals surface area contributed by atoms with Gasteiger partial charge in [0.15, 0.2) is 0 Å². The predicted octanol–water partition coefficient (Wildman–Crippen LogP) is 2.98. The number of carboxylic acid groups (broad SMARTS) is 1. The second-order valence-electron chi connectivity index (χ2n) is 3.93. The molecule has 0 aliphatic heterocycles. The summed E-state index contributed by atoms with van der Waals surface area (Å²) >= 11 is 3.38. The maximum Gasteiger partial charge on any atom is 0.303 e. The molecule has 0 fully saturated rings. The van der Waals surface area contributed by atoms with Crippen LogP contribution in [-0.2, 0) is 4.79 Å². The molecule has 0 aliphatic carbocycles. The molecule has 1 unspecified atom stereocenters. The van der Waals surface area contributed by atoms with E-state index in [9.17, 15) is 4.79 Å². The lowest BCUT2D eigenvalue weighted by Gasteiger charge is -2.14. The van der Waals surface area contributed by atoms with Crippen LogP contribution in [-0.4, -0.2) is 24.7 Å². The molecule has 0 bridgehead atoms. The van der Waals surface area contributed by atoms with Gasteiger partial charge < -0.3 is 15.2 Å². The zero-order valence-electron chi connectivity index (χ0n) is 9.87. The first-order chi connectivity index (χ1) is 8.02. The van der Waals surface area contributed by atoms with Crippen molar-refractivity contribution in [2.75, 3.05) is 19.0 Å². The Hall–Kier alpha value is -1.23. The third-order valence-electron chi connectivity index (χ3n) is 2.33. The molecule has 1 aromatic rings. The average molecular weight is 302 g/mol. The van der Waals surface area contributed by atoms with Crippen LogP contribution in [0.1, 0.15) is 13.3 Å². The first kappa shape index (κ1) is 13.8. The average Bonchev–Trinajstić information content (AvgIpc) is 2.25. The van der Waals surface area contributed by atoms with Crippen LogP contribution in [0, 0.1) is 5.92 Å². The Morgan fingerprint density at radius 2 is 2.29 bits per heavy atom. The van der Waals surface area contributed by atoms with E-state index < -0.39 is 5.97 Å². The van der Waals surface area contributed by atoms with Crippen LogP contribution in [0.15, 0.2) is 22.7 Å². The van der Waals surface area contributed by atoms with Gasteiger partial charge in [-0.1, -0.05) is 22.9 Å². The van der Waals surface area contributed by atoms with Crippen molar-refractivity contribution < 1.29 is 14.6 Å². The molecular weight excluding hydrogens is 286 g/mol. The summed E-state index contributed by atoms with van der Waals surface area (Å²) < 4.78 is 6.16. The summed E-state index contributed by atoms with van der Waals surface area (Å²) in [4.78, 5) is 10.5. The van der Waals surface area contributed by atoms with Crippen molar-refractivity contribution in [3.63, 3.8) is 0 Å². The van der Waals surface area contributed by atoms with E-state index >= 15 is 0 Å². The van der Waals surface area contributed by atoms with Gasteiger partial charge in [-0.2, -0.15) is 0 Å². The number of hydrogen-bond acceptors (Lipinski definition) is 3.